The predicted octanol–water partition coefficient (Wildman–Crippen LogP) is -0.703. The molecule has 2 rings (SSSR count). The Morgan fingerprint density at radius 3 is 1.29 bits per heavy atom. The minimum absolute atomic E-state index is 1.38. The molecule has 8 heteroatoms. The number of nitrogens with zero attached hydrogens (tertiary/aromatic N) is 2. The van der Waals surface area contributed by atoms with Gasteiger partial charge in [0.15, 0.2) is 12.8 Å². The summed E-state index contributed by atoms with van der Waals surface area (Å²) in [5, 5.41) is 21.5. The van der Waals surface area contributed by atoms with E-state index < -0.39 is 7.32 Å². The molecular formula is C6H9BN2O5. The lowest BCUT2D eigenvalue weighted by Crippen LogP contribution is -2.07. The normalized spacial score (nSPS) is 7.64. The average Bonchev–Trinajstić information content (AvgIpc) is 2.83. The third-order valence-electron chi connectivity index (χ3n) is 0.694. The molecule has 0 aliphatic carbocycles. The summed E-state index contributed by atoms with van der Waals surface area (Å²) in [4.78, 5) is 7.11. The summed E-state index contributed by atoms with van der Waals surface area (Å²) >= 11 is 0. The fourth-order valence-electron chi connectivity index (χ4n) is 0.351. The van der Waals surface area contributed by atoms with Crippen LogP contribution in [0.3, 0.4) is 0 Å². The summed E-state index contributed by atoms with van der Waals surface area (Å²) in [5.74, 6) is 0. The molecule has 76 valence electrons. The van der Waals surface area contributed by atoms with Crippen molar-refractivity contribution in [1.29, 1.82) is 0 Å². The number of hydrogen-bond acceptors (Lipinski definition) is 7. The van der Waals surface area contributed by atoms with Crippen molar-refractivity contribution < 1.29 is 23.9 Å². The molecule has 0 bridgehead atoms. The molecule has 2 aromatic rings. The zero-order valence-electron chi connectivity index (χ0n) is 7.09. The van der Waals surface area contributed by atoms with Crippen LogP contribution in [0.25, 0.3) is 0 Å². The van der Waals surface area contributed by atoms with Crippen molar-refractivity contribution in [1.82, 2.24) is 9.97 Å². The molecule has 0 saturated heterocycles. The lowest BCUT2D eigenvalue weighted by Gasteiger charge is -1.69. The van der Waals surface area contributed by atoms with Crippen molar-refractivity contribution in [2.24, 2.45) is 0 Å². The van der Waals surface area contributed by atoms with Crippen molar-refractivity contribution in [3.63, 3.8) is 0 Å². The molecule has 3 N–H and O–H groups in total. The van der Waals surface area contributed by atoms with Gasteiger partial charge in [-0.3, -0.25) is 0 Å². The van der Waals surface area contributed by atoms with E-state index in [0.717, 1.165) is 0 Å². The molecular weight excluding hydrogens is 191 g/mol. The summed E-state index contributed by atoms with van der Waals surface area (Å²) in [6, 6.07) is 0. The summed E-state index contributed by atoms with van der Waals surface area (Å²) < 4.78 is 8.94. The summed E-state index contributed by atoms with van der Waals surface area (Å²) in [6.07, 6.45) is 8.94. The lowest BCUT2D eigenvalue weighted by molar-refractivity contribution is 0.278. The number of rotatable bonds is 0. The van der Waals surface area contributed by atoms with Gasteiger partial charge in [-0.15, -0.1) is 0 Å². The highest BCUT2D eigenvalue weighted by Crippen LogP contribution is 1.72. The van der Waals surface area contributed by atoms with E-state index in [1.165, 1.54) is 25.3 Å². The molecule has 2 aromatic heterocycles. The summed E-state index contributed by atoms with van der Waals surface area (Å²) in [5.41, 5.74) is 0. The smallest absolute Gasteiger partial charge is 0.452 e. The van der Waals surface area contributed by atoms with Gasteiger partial charge in [0.25, 0.3) is 0 Å². The fraction of sp³-hybridized carbons (Fsp3) is 0. The quantitative estimate of drug-likeness (QED) is 0.481. The van der Waals surface area contributed by atoms with Crippen LogP contribution in [0.2, 0.25) is 0 Å². The van der Waals surface area contributed by atoms with Crippen LogP contribution in [-0.2, 0) is 0 Å². The zero-order chi connectivity index (χ0) is 10.6. The third-order valence-corrected chi connectivity index (χ3v) is 0.694. The number of hydrogen-bond donors (Lipinski definition) is 3. The first-order valence-corrected chi connectivity index (χ1v) is 3.42. The van der Waals surface area contributed by atoms with Gasteiger partial charge in [-0.25, -0.2) is 9.97 Å². The predicted molar refractivity (Wildman–Crippen MR) is 45.4 cm³/mol. The Kier molecular flexibility index (Phi) is 8.35. The van der Waals surface area contributed by atoms with Crippen LogP contribution in [0, 0.1) is 0 Å². The second-order valence-electron chi connectivity index (χ2n) is 1.70. The van der Waals surface area contributed by atoms with Crippen molar-refractivity contribution in [3.8, 4) is 0 Å². The molecule has 0 unspecified atom stereocenters. The molecule has 0 saturated carbocycles. The molecule has 14 heavy (non-hydrogen) atoms. The summed E-state index contributed by atoms with van der Waals surface area (Å²) in [6.45, 7) is 0. The fourth-order valence-corrected chi connectivity index (χ4v) is 0.351. The van der Waals surface area contributed by atoms with E-state index in [2.05, 4.69) is 18.8 Å². The van der Waals surface area contributed by atoms with Crippen LogP contribution < -0.4 is 0 Å². The van der Waals surface area contributed by atoms with Gasteiger partial charge in [-0.05, 0) is 0 Å². The molecule has 0 aliphatic rings. The van der Waals surface area contributed by atoms with Crippen LogP contribution in [0.1, 0.15) is 0 Å². The average molecular weight is 200 g/mol. The molecule has 0 fully saturated rings. The van der Waals surface area contributed by atoms with Crippen LogP contribution in [0.4, 0.5) is 0 Å². The van der Waals surface area contributed by atoms with Gasteiger partial charge in [-0.2, -0.15) is 0 Å². The Hall–Kier alpha value is -1.64. The monoisotopic (exact) mass is 200 g/mol. The topological polar surface area (TPSA) is 113 Å². The van der Waals surface area contributed by atoms with Crippen LogP contribution >= 0.6 is 0 Å². The first-order valence-electron chi connectivity index (χ1n) is 3.42. The molecule has 0 radical (unpaired) electrons. The number of oxazole rings is 2. The molecule has 0 aromatic carbocycles. The number of aromatic nitrogens is 2. The van der Waals surface area contributed by atoms with E-state index in [1.54, 1.807) is 12.4 Å². The van der Waals surface area contributed by atoms with Crippen LogP contribution in [-0.4, -0.2) is 32.4 Å². The van der Waals surface area contributed by atoms with Crippen molar-refractivity contribution in [2.45, 2.75) is 0 Å². The SMILES string of the molecule is OB(O)O.c1cocn1.c1cocn1. The van der Waals surface area contributed by atoms with E-state index in [9.17, 15) is 0 Å². The first-order chi connectivity index (χ1) is 6.73. The summed E-state index contributed by atoms with van der Waals surface area (Å²) in [7, 11) is -2.17. The Morgan fingerprint density at radius 2 is 1.21 bits per heavy atom. The van der Waals surface area contributed by atoms with Crippen LogP contribution in [0.5, 0.6) is 0 Å². The highest BCUT2D eigenvalue weighted by Gasteiger charge is 1.92. The van der Waals surface area contributed by atoms with Crippen molar-refractivity contribution in [2.75, 3.05) is 0 Å². The van der Waals surface area contributed by atoms with E-state index in [-0.39, 0.29) is 0 Å². The van der Waals surface area contributed by atoms with Crippen molar-refractivity contribution >= 4 is 7.32 Å². The van der Waals surface area contributed by atoms with Gasteiger partial charge in [0.1, 0.15) is 12.5 Å². The lowest BCUT2D eigenvalue weighted by atomic mass is 10.3. The Labute approximate surface area is 79.8 Å². The van der Waals surface area contributed by atoms with Gasteiger partial charge in [0.2, 0.25) is 0 Å². The van der Waals surface area contributed by atoms with Crippen LogP contribution in [0.15, 0.2) is 46.5 Å². The van der Waals surface area contributed by atoms with Gasteiger partial charge in [0, 0.05) is 0 Å². The highest BCUT2D eigenvalue weighted by molar-refractivity contribution is 6.30. The maximum Gasteiger partial charge on any atom is 0.631 e. The van der Waals surface area contributed by atoms with Crippen molar-refractivity contribution in [3.05, 3.63) is 37.7 Å². The van der Waals surface area contributed by atoms with Gasteiger partial charge >= 0.3 is 7.32 Å². The van der Waals surface area contributed by atoms with Gasteiger partial charge in [-0.1, -0.05) is 0 Å². The molecule has 7 nitrogen and oxygen atoms in total. The van der Waals surface area contributed by atoms with Gasteiger partial charge < -0.3 is 23.9 Å². The zero-order valence-corrected chi connectivity index (χ0v) is 7.09. The second kappa shape index (κ2) is 9.45. The first kappa shape index (κ1) is 12.4. The van der Waals surface area contributed by atoms with E-state index >= 15 is 0 Å². The minimum atomic E-state index is -2.17. The van der Waals surface area contributed by atoms with E-state index in [4.69, 9.17) is 15.1 Å². The maximum absolute atomic E-state index is 7.17. The second-order valence-corrected chi connectivity index (χ2v) is 1.70. The molecule has 0 atom stereocenters. The standard InChI is InChI=1S/2C3H3NO.BH3O3/c2*1-2-5-3-4-1;2-1(3)4/h2*1-3H;2-4H. The highest BCUT2D eigenvalue weighted by atomic mass is 16.5. The molecule has 0 aliphatic heterocycles. The molecule has 2 heterocycles. The Morgan fingerprint density at radius 1 is 0.857 bits per heavy atom. The third kappa shape index (κ3) is 13.0. The largest absolute Gasteiger partial charge is 0.631 e. The Balaban J connectivity index is 0.000000183. The Bertz CT molecular complexity index is 196. The van der Waals surface area contributed by atoms with Gasteiger partial charge in [0.05, 0.1) is 12.4 Å². The molecule has 0 amide bonds. The maximum atomic E-state index is 7.17. The minimum Gasteiger partial charge on any atom is -0.452 e. The molecule has 0 spiro atoms. The van der Waals surface area contributed by atoms with E-state index in [1.807, 2.05) is 0 Å². The van der Waals surface area contributed by atoms with E-state index in [0.29, 0.717) is 0 Å².